The highest BCUT2D eigenvalue weighted by molar-refractivity contribution is 7.12. The maximum absolute atomic E-state index is 13.0. The zero-order valence-corrected chi connectivity index (χ0v) is 19.3. The van der Waals surface area contributed by atoms with E-state index in [2.05, 4.69) is 5.10 Å². The van der Waals surface area contributed by atoms with Crippen molar-refractivity contribution in [1.29, 1.82) is 0 Å². The van der Waals surface area contributed by atoms with E-state index in [1.54, 1.807) is 22.7 Å². The maximum atomic E-state index is 13.0. The smallest absolute Gasteiger partial charge is 0.338 e. The molecule has 1 aromatic carbocycles. The molecule has 0 spiro atoms. The van der Waals surface area contributed by atoms with Crippen LogP contribution >= 0.6 is 22.7 Å². The Kier molecular flexibility index (Phi) is 6.01. The number of rotatable bonds is 6. The Labute approximate surface area is 198 Å². The lowest BCUT2D eigenvalue weighted by Gasteiger charge is -2.22. The molecule has 5 rings (SSSR count). The SMILES string of the molecule is COc1cc(C(=O)OCC(=O)N2N=C(c3cccs3)CC2c2cccs2)cc2c1OCCO2. The first-order valence-electron chi connectivity index (χ1n) is 10.3. The van der Waals surface area contributed by atoms with Crippen molar-refractivity contribution in [2.45, 2.75) is 12.5 Å². The Hall–Kier alpha value is -3.37. The van der Waals surface area contributed by atoms with Crippen molar-refractivity contribution >= 4 is 40.3 Å². The highest BCUT2D eigenvalue weighted by Gasteiger charge is 2.34. The molecule has 2 aromatic heterocycles. The van der Waals surface area contributed by atoms with Crippen molar-refractivity contribution < 1.29 is 28.5 Å². The van der Waals surface area contributed by atoms with E-state index < -0.39 is 18.5 Å². The van der Waals surface area contributed by atoms with Gasteiger partial charge in [-0.2, -0.15) is 5.10 Å². The van der Waals surface area contributed by atoms with Crippen LogP contribution in [0, 0.1) is 0 Å². The normalized spacial score (nSPS) is 16.9. The Morgan fingerprint density at radius 1 is 1.15 bits per heavy atom. The molecule has 10 heteroatoms. The minimum atomic E-state index is -0.659. The summed E-state index contributed by atoms with van der Waals surface area (Å²) in [7, 11) is 1.48. The molecule has 0 saturated heterocycles. The van der Waals surface area contributed by atoms with Gasteiger partial charge in [0.2, 0.25) is 5.75 Å². The van der Waals surface area contributed by atoms with Gasteiger partial charge in [0, 0.05) is 11.3 Å². The monoisotopic (exact) mass is 484 g/mol. The van der Waals surface area contributed by atoms with Gasteiger partial charge >= 0.3 is 5.97 Å². The van der Waals surface area contributed by atoms with Gasteiger partial charge in [-0.05, 0) is 35.0 Å². The second-order valence-corrected chi connectivity index (χ2v) is 9.20. The second kappa shape index (κ2) is 9.24. The Morgan fingerprint density at radius 3 is 2.73 bits per heavy atom. The topological polar surface area (TPSA) is 86.7 Å². The molecule has 0 saturated carbocycles. The predicted molar refractivity (Wildman–Crippen MR) is 124 cm³/mol. The van der Waals surface area contributed by atoms with Crippen molar-refractivity contribution in [3.63, 3.8) is 0 Å². The number of methoxy groups -OCH3 is 1. The standard InChI is InChI=1S/C23H20N2O6S2/c1-28-17-10-14(11-18-22(17)30-7-6-29-18)23(27)31-13-21(26)25-16(20-5-3-9-33-20)12-15(24-25)19-4-2-8-32-19/h2-5,8-11,16H,6-7,12-13H2,1H3. The van der Waals surface area contributed by atoms with Crippen molar-refractivity contribution in [1.82, 2.24) is 5.01 Å². The Bertz CT molecular complexity index is 1170. The maximum Gasteiger partial charge on any atom is 0.338 e. The average Bonchev–Trinajstić information content (AvgIpc) is 3.62. The van der Waals surface area contributed by atoms with E-state index in [0.717, 1.165) is 15.5 Å². The molecule has 2 aliphatic heterocycles. The number of thiophene rings is 2. The summed E-state index contributed by atoms with van der Waals surface area (Å²) < 4.78 is 21.8. The van der Waals surface area contributed by atoms with Gasteiger partial charge in [0.15, 0.2) is 18.1 Å². The summed E-state index contributed by atoms with van der Waals surface area (Å²) in [4.78, 5) is 27.8. The van der Waals surface area contributed by atoms with E-state index in [9.17, 15) is 9.59 Å². The lowest BCUT2D eigenvalue weighted by Crippen LogP contribution is -2.31. The third-order valence-electron chi connectivity index (χ3n) is 5.23. The first-order chi connectivity index (χ1) is 16.1. The van der Waals surface area contributed by atoms with E-state index in [-0.39, 0.29) is 11.6 Å². The van der Waals surface area contributed by atoms with E-state index >= 15 is 0 Å². The molecule has 0 aliphatic carbocycles. The summed E-state index contributed by atoms with van der Waals surface area (Å²) in [6, 6.07) is 10.7. The molecule has 1 amide bonds. The number of hydrogen-bond donors (Lipinski definition) is 0. The minimum Gasteiger partial charge on any atom is -0.493 e. The summed E-state index contributed by atoms with van der Waals surface area (Å²) in [5.74, 6) is 0.169. The summed E-state index contributed by atoms with van der Waals surface area (Å²) in [5.41, 5.74) is 1.06. The molecule has 8 nitrogen and oxygen atoms in total. The average molecular weight is 485 g/mol. The highest BCUT2D eigenvalue weighted by Crippen LogP contribution is 2.40. The number of esters is 1. The molecule has 33 heavy (non-hydrogen) atoms. The number of nitrogens with zero attached hydrogens (tertiary/aromatic N) is 2. The fraction of sp³-hybridized carbons (Fsp3) is 0.261. The number of carbonyl (C=O) groups excluding carboxylic acids is 2. The minimum absolute atomic E-state index is 0.211. The van der Waals surface area contributed by atoms with Crippen LogP contribution in [0.1, 0.15) is 32.6 Å². The van der Waals surface area contributed by atoms with Crippen molar-refractivity contribution in [3.05, 3.63) is 62.5 Å². The number of hydrazone groups is 1. The molecule has 0 bridgehead atoms. The zero-order chi connectivity index (χ0) is 22.8. The van der Waals surface area contributed by atoms with Crippen LogP contribution in [0.4, 0.5) is 0 Å². The van der Waals surface area contributed by atoms with Crippen LogP contribution in [0.25, 0.3) is 0 Å². The lowest BCUT2D eigenvalue weighted by atomic mass is 10.1. The largest absolute Gasteiger partial charge is 0.493 e. The van der Waals surface area contributed by atoms with Gasteiger partial charge in [-0.15, -0.1) is 22.7 Å². The lowest BCUT2D eigenvalue weighted by molar-refractivity contribution is -0.136. The van der Waals surface area contributed by atoms with Gasteiger partial charge in [-0.3, -0.25) is 4.79 Å². The van der Waals surface area contributed by atoms with E-state index in [1.807, 2.05) is 35.0 Å². The molecule has 0 fully saturated rings. The second-order valence-electron chi connectivity index (χ2n) is 7.28. The molecule has 3 aromatic rings. The fourth-order valence-corrected chi connectivity index (χ4v) is 5.23. The molecule has 0 radical (unpaired) electrons. The third-order valence-corrected chi connectivity index (χ3v) is 7.13. The van der Waals surface area contributed by atoms with Crippen molar-refractivity contribution in [3.8, 4) is 17.2 Å². The van der Waals surface area contributed by atoms with Gasteiger partial charge < -0.3 is 18.9 Å². The first-order valence-corrected chi connectivity index (χ1v) is 12.0. The predicted octanol–water partition coefficient (Wildman–Crippen LogP) is 4.12. The Balaban J connectivity index is 1.32. The number of benzene rings is 1. The number of fused-ring (bicyclic) bond motifs is 1. The van der Waals surface area contributed by atoms with Crippen LogP contribution < -0.4 is 14.2 Å². The van der Waals surface area contributed by atoms with Crippen LogP contribution in [0.2, 0.25) is 0 Å². The quantitative estimate of drug-likeness (QED) is 0.489. The molecule has 170 valence electrons. The van der Waals surface area contributed by atoms with Gasteiger partial charge in [0.05, 0.1) is 29.3 Å². The van der Waals surface area contributed by atoms with E-state index in [4.69, 9.17) is 18.9 Å². The van der Waals surface area contributed by atoms with Crippen LogP contribution in [0.5, 0.6) is 17.2 Å². The first kappa shape index (κ1) is 21.5. The highest BCUT2D eigenvalue weighted by atomic mass is 32.1. The van der Waals surface area contributed by atoms with E-state index in [0.29, 0.717) is 36.9 Å². The van der Waals surface area contributed by atoms with Gasteiger partial charge in [-0.1, -0.05) is 12.1 Å². The van der Waals surface area contributed by atoms with Crippen LogP contribution in [0.3, 0.4) is 0 Å². The van der Waals surface area contributed by atoms with Crippen LogP contribution in [-0.4, -0.2) is 49.5 Å². The molecule has 0 N–H and O–H groups in total. The van der Waals surface area contributed by atoms with Crippen LogP contribution in [-0.2, 0) is 9.53 Å². The number of hydrogen-bond acceptors (Lipinski definition) is 9. The number of carbonyl (C=O) groups is 2. The summed E-state index contributed by atoms with van der Waals surface area (Å²) >= 11 is 3.15. The van der Waals surface area contributed by atoms with Crippen molar-refractivity contribution in [2.24, 2.45) is 5.10 Å². The third kappa shape index (κ3) is 4.31. The molecular formula is C23H20N2O6S2. The van der Waals surface area contributed by atoms with Gasteiger partial charge in [0.25, 0.3) is 5.91 Å². The molecule has 1 atom stereocenters. The molecule has 4 heterocycles. The summed E-state index contributed by atoms with van der Waals surface area (Å²) in [6.07, 6.45) is 0.611. The van der Waals surface area contributed by atoms with Crippen molar-refractivity contribution in [2.75, 3.05) is 26.9 Å². The fourth-order valence-electron chi connectivity index (χ4n) is 3.70. The number of amides is 1. The Morgan fingerprint density at radius 2 is 1.97 bits per heavy atom. The molecular weight excluding hydrogens is 464 g/mol. The van der Waals surface area contributed by atoms with Crippen LogP contribution in [0.15, 0.2) is 52.3 Å². The van der Waals surface area contributed by atoms with E-state index in [1.165, 1.54) is 24.3 Å². The van der Waals surface area contributed by atoms with Gasteiger partial charge in [-0.25, -0.2) is 9.80 Å². The van der Waals surface area contributed by atoms with Gasteiger partial charge in [0.1, 0.15) is 13.2 Å². The molecule has 2 aliphatic rings. The molecule has 1 unspecified atom stereocenters. The zero-order valence-electron chi connectivity index (χ0n) is 17.7. The number of ether oxygens (including phenoxy) is 4. The summed E-state index contributed by atoms with van der Waals surface area (Å²) in [5, 5.41) is 9.95. The summed E-state index contributed by atoms with van der Waals surface area (Å²) in [6.45, 7) is 0.340.